The summed E-state index contributed by atoms with van der Waals surface area (Å²) < 4.78 is 21.3. The zero-order valence-electron chi connectivity index (χ0n) is 51.0. The lowest BCUT2D eigenvalue weighted by Crippen LogP contribution is -2.59. The maximum absolute atomic E-state index is 13.8. The molecule has 2 spiro atoms. The molecule has 2 aromatic carbocycles. The lowest BCUT2D eigenvalue weighted by Gasteiger charge is -2.53. The summed E-state index contributed by atoms with van der Waals surface area (Å²) in [4.78, 5) is 98.6. The van der Waals surface area contributed by atoms with Gasteiger partial charge in [0.1, 0.15) is 21.4 Å². The van der Waals surface area contributed by atoms with Crippen molar-refractivity contribution in [2.45, 2.75) is 66.2 Å². The number of hydrogen-bond donors (Lipinski definition) is 2. The van der Waals surface area contributed by atoms with Crippen LogP contribution in [0.2, 0.25) is 0 Å². The Labute approximate surface area is 548 Å². The summed E-state index contributed by atoms with van der Waals surface area (Å²) in [5.74, 6) is 0.446. The molecule has 3 amide bonds. The molecular weight excluding hydrogens is 1250 g/mol. The van der Waals surface area contributed by atoms with Crippen LogP contribution in [0.1, 0.15) is 123 Å². The highest BCUT2D eigenvalue weighted by molar-refractivity contribution is 7.23. The van der Waals surface area contributed by atoms with E-state index in [9.17, 15) is 28.8 Å². The SMILES string of the molecule is CCOC(=O)c1cc2c(s1)-c1sccc1N(C(=O)c1ccc(N)cc1)CC2.CCOC(=O)c1cc2c(s1)-c1sccc1N(C(=O)c1ccc(NC(=O)c3cc(C)cnc3N3CC4(CCOCC4)C3)cc1)CC2.Cc1cnc(N2CC3(CCOCC3)C2)c(C(=O)Cl)c1. The number of nitrogens with one attached hydrogen (secondary N) is 1. The van der Waals surface area contributed by atoms with Gasteiger partial charge in [-0.05, 0) is 196 Å². The number of ether oxygens (including phenoxy) is 4. The number of thiophene rings is 4. The Morgan fingerprint density at radius 3 is 1.46 bits per heavy atom. The lowest BCUT2D eigenvalue weighted by atomic mass is 9.73. The summed E-state index contributed by atoms with van der Waals surface area (Å²) in [7, 11) is 0. The number of benzene rings is 2. The Morgan fingerprint density at radius 2 is 1.02 bits per heavy atom. The van der Waals surface area contributed by atoms with Crippen molar-refractivity contribution < 1.29 is 47.7 Å². The van der Waals surface area contributed by atoms with Gasteiger partial charge in [0.2, 0.25) is 0 Å². The largest absolute Gasteiger partial charge is 0.462 e. The van der Waals surface area contributed by atoms with Crippen LogP contribution in [-0.2, 0) is 31.8 Å². The molecule has 0 aliphatic carbocycles. The minimum atomic E-state index is -0.431. The highest BCUT2D eigenvalue weighted by Crippen LogP contribution is 2.48. The quantitative estimate of drug-likeness (QED) is 0.0699. The number of pyridine rings is 2. The van der Waals surface area contributed by atoms with Crippen molar-refractivity contribution >= 4 is 126 Å². The topological polar surface area (TPSA) is 216 Å². The Kier molecular flexibility index (Phi) is 18.9. The van der Waals surface area contributed by atoms with Crippen molar-refractivity contribution in [1.82, 2.24) is 9.97 Å². The Bertz CT molecular complexity index is 4040. The third kappa shape index (κ3) is 13.4. The van der Waals surface area contributed by atoms with Gasteiger partial charge in [0, 0.05) is 111 Å². The maximum atomic E-state index is 13.8. The number of hydrogen-bond acceptors (Lipinski definition) is 19. The van der Waals surface area contributed by atoms with E-state index in [0.717, 1.165) is 137 Å². The molecule has 23 heteroatoms. The smallest absolute Gasteiger partial charge is 0.348 e. The van der Waals surface area contributed by atoms with Gasteiger partial charge in [0.15, 0.2) is 0 Å². The second-order valence-corrected chi connectivity index (χ2v) is 28.0. The van der Waals surface area contributed by atoms with E-state index in [1.54, 1.807) is 96.1 Å². The molecule has 0 unspecified atom stereocenters. The first kappa shape index (κ1) is 63.3. The van der Waals surface area contributed by atoms with E-state index in [1.807, 2.05) is 72.1 Å². The van der Waals surface area contributed by atoms with Crippen molar-refractivity contribution in [1.29, 1.82) is 0 Å². The van der Waals surface area contributed by atoms with Gasteiger partial charge in [-0.15, -0.1) is 45.3 Å². The van der Waals surface area contributed by atoms with E-state index < -0.39 is 5.24 Å². The van der Waals surface area contributed by atoms with Gasteiger partial charge in [-0.2, -0.15) is 0 Å². The lowest BCUT2D eigenvalue weighted by molar-refractivity contribution is -0.000649. The molecule has 0 saturated carbocycles. The standard InChI is InChI=1S/C34H34N4O5S2.C20H18N2O3S2.C14H17ClN2O2/c1-3-43-33(41)27-17-23-8-12-38(26-9-15-44-29(26)28(23)45-27)32(40)22-4-6-24(7-5-22)36-31(39)25-16-21(2)18-35-30(25)37-19-34(20-37)10-13-42-14-11-34;1-2-25-20(24)16-11-13-7-9-22(15-8-10-26-18(15)17(13)27-16)19(23)12-3-5-14(21)6-4-12;1-10-6-11(12(15)18)13(16-7-10)17-8-14(9-17)2-4-19-5-3-14/h4-7,9,15-18H,3,8,10-14,19-20H2,1-2H3,(H,36,39);3-6,8,10-11H,2,7,9,21H2,1H3;6-7H,2-5,8-9H2,1H3. The number of carbonyl (C=O) groups is 6. The first-order chi connectivity index (χ1) is 44.0. The third-order valence-corrected chi connectivity index (χ3v) is 22.0. The number of halogens is 1. The van der Waals surface area contributed by atoms with Crippen LogP contribution in [-0.4, -0.2) is 124 Å². The molecule has 6 aliphatic rings. The summed E-state index contributed by atoms with van der Waals surface area (Å²) in [6.07, 6.45) is 9.18. The number of aryl methyl sites for hydroxylation is 2. The van der Waals surface area contributed by atoms with Crippen LogP contribution in [0.4, 0.5) is 34.4 Å². The Hall–Kier alpha value is -7.83. The summed E-state index contributed by atoms with van der Waals surface area (Å²) in [6, 6.07) is 25.4. The zero-order valence-corrected chi connectivity index (χ0v) is 55.0. The van der Waals surface area contributed by atoms with Crippen LogP contribution in [0.3, 0.4) is 0 Å². The number of nitrogen functional groups attached to an aromatic ring is 1. The minimum absolute atomic E-state index is 0.0459. The van der Waals surface area contributed by atoms with Crippen LogP contribution in [0, 0.1) is 24.7 Å². The predicted octanol–water partition coefficient (Wildman–Crippen LogP) is 13.3. The van der Waals surface area contributed by atoms with Gasteiger partial charge in [-0.3, -0.25) is 19.2 Å². The van der Waals surface area contributed by atoms with E-state index in [2.05, 4.69) is 25.1 Å². The molecule has 0 atom stereocenters. The Morgan fingerprint density at radius 1 is 0.593 bits per heavy atom. The first-order valence-corrected chi connectivity index (χ1v) is 34.2. The number of anilines is 6. The summed E-state index contributed by atoms with van der Waals surface area (Å²) >= 11 is 11.7. The average Bonchev–Trinajstić information content (AvgIpc) is 1.27. The second kappa shape index (κ2) is 27.2. The van der Waals surface area contributed by atoms with Crippen molar-refractivity contribution in [2.24, 2.45) is 10.8 Å². The zero-order chi connectivity index (χ0) is 63.6. The molecule has 0 bridgehead atoms. The predicted molar refractivity (Wildman–Crippen MR) is 361 cm³/mol. The molecule has 0 radical (unpaired) electrons. The van der Waals surface area contributed by atoms with Crippen molar-refractivity contribution in [3.8, 4) is 19.5 Å². The van der Waals surface area contributed by atoms with Crippen molar-refractivity contribution in [3.63, 3.8) is 0 Å². The molecule has 4 fully saturated rings. The number of aromatic nitrogens is 2. The fourth-order valence-corrected chi connectivity index (χ4v) is 17.1. The number of amides is 3. The summed E-state index contributed by atoms with van der Waals surface area (Å²) in [6.45, 7) is 16.1. The van der Waals surface area contributed by atoms with Gasteiger partial charge >= 0.3 is 11.9 Å². The number of rotatable bonds is 11. The Balaban J connectivity index is 0.000000147. The molecule has 8 aromatic rings. The number of carbonyl (C=O) groups excluding carboxylic acids is 6. The highest BCUT2D eigenvalue weighted by atomic mass is 35.5. The minimum Gasteiger partial charge on any atom is -0.462 e. The monoisotopic (exact) mass is 1320 g/mol. The molecular formula is C68H69ClN8O10S4. The first-order valence-electron chi connectivity index (χ1n) is 30.5. The molecule has 472 valence electrons. The van der Waals surface area contributed by atoms with E-state index in [0.29, 0.717) is 93.8 Å². The molecule has 3 N–H and O–H groups in total. The molecule has 6 aliphatic heterocycles. The van der Waals surface area contributed by atoms with Crippen LogP contribution in [0.15, 0.2) is 108 Å². The molecule has 12 heterocycles. The number of nitrogens with zero attached hydrogens (tertiary/aromatic N) is 6. The fraction of sp³-hybridized carbons (Fsp3) is 0.353. The second-order valence-electron chi connectivity index (χ2n) is 23.7. The fourth-order valence-electron chi connectivity index (χ4n) is 12.6. The summed E-state index contributed by atoms with van der Waals surface area (Å²) in [5, 5.41) is 6.53. The average molecular weight is 1320 g/mol. The van der Waals surface area contributed by atoms with Crippen LogP contribution in [0.5, 0.6) is 0 Å². The summed E-state index contributed by atoms with van der Waals surface area (Å²) in [5.41, 5.74) is 15.5. The number of fused-ring (bicyclic) bond motifs is 6. The van der Waals surface area contributed by atoms with Gasteiger partial charge in [-0.25, -0.2) is 19.6 Å². The van der Waals surface area contributed by atoms with E-state index in [1.165, 1.54) is 22.7 Å². The van der Waals surface area contributed by atoms with Gasteiger partial charge in [0.05, 0.1) is 55.2 Å². The van der Waals surface area contributed by atoms with E-state index >= 15 is 0 Å². The van der Waals surface area contributed by atoms with Gasteiger partial charge in [-0.1, -0.05) is 0 Å². The van der Waals surface area contributed by atoms with Crippen LogP contribution >= 0.6 is 56.9 Å². The van der Waals surface area contributed by atoms with Crippen LogP contribution in [0.25, 0.3) is 19.5 Å². The molecule has 6 aromatic heterocycles. The van der Waals surface area contributed by atoms with E-state index in [-0.39, 0.29) is 35.1 Å². The molecule has 14 rings (SSSR count). The molecule has 91 heavy (non-hydrogen) atoms. The van der Waals surface area contributed by atoms with Gasteiger partial charge < -0.3 is 49.6 Å². The number of nitrogens with two attached hydrogens (primary N) is 1. The van der Waals surface area contributed by atoms with Crippen molar-refractivity contribution in [3.05, 3.63) is 162 Å². The molecule has 18 nitrogen and oxygen atoms in total. The highest BCUT2D eigenvalue weighted by Gasteiger charge is 2.47. The van der Waals surface area contributed by atoms with Gasteiger partial charge in [0.25, 0.3) is 23.0 Å². The van der Waals surface area contributed by atoms with Crippen LogP contribution < -0.4 is 30.7 Å². The van der Waals surface area contributed by atoms with Crippen molar-refractivity contribution in [2.75, 3.05) is 110 Å². The number of esters is 2. The van der Waals surface area contributed by atoms with E-state index in [4.69, 9.17) is 36.3 Å². The third-order valence-electron chi connectivity index (χ3n) is 17.4. The molecule has 4 saturated heterocycles. The maximum Gasteiger partial charge on any atom is 0.348 e. The normalized spacial score (nSPS) is 16.5.